The Bertz CT molecular complexity index is 1470. The van der Waals surface area contributed by atoms with Gasteiger partial charge in [0.1, 0.15) is 12.6 Å². The maximum absolute atomic E-state index is 14.1. The molecule has 5 heteroatoms. The molecule has 0 aliphatic carbocycles. The number of para-hydroxylation sites is 1. The van der Waals surface area contributed by atoms with Crippen LogP contribution in [0.15, 0.2) is 78.9 Å². The van der Waals surface area contributed by atoms with Crippen LogP contribution in [-0.4, -0.2) is 45.2 Å². The fraction of sp³-hybridized carbons (Fsp3) is 0.333. The molecule has 0 spiro atoms. The molecule has 1 fully saturated rings. The van der Waals surface area contributed by atoms with Gasteiger partial charge in [0, 0.05) is 29.1 Å². The number of hydrogen-bond donors (Lipinski definition) is 1. The second kappa shape index (κ2) is 9.79. The van der Waals surface area contributed by atoms with Crippen LogP contribution in [0.3, 0.4) is 0 Å². The summed E-state index contributed by atoms with van der Waals surface area (Å²) in [6, 6.07) is 26.3. The number of hydrogen-bond acceptors (Lipinski definition) is 2. The van der Waals surface area contributed by atoms with Gasteiger partial charge in [-0.25, -0.2) is 0 Å². The van der Waals surface area contributed by atoms with Crippen molar-refractivity contribution in [2.75, 3.05) is 6.54 Å². The van der Waals surface area contributed by atoms with Crippen molar-refractivity contribution in [2.24, 2.45) is 0 Å². The summed E-state index contributed by atoms with van der Waals surface area (Å²) >= 11 is 0. The van der Waals surface area contributed by atoms with Crippen molar-refractivity contribution in [1.82, 2.24) is 14.8 Å². The summed E-state index contributed by atoms with van der Waals surface area (Å²) in [5, 5.41) is 1.14. The number of amides is 2. The fourth-order valence-electron chi connectivity index (χ4n) is 6.25. The summed E-state index contributed by atoms with van der Waals surface area (Å²) in [6.07, 6.45) is 2.24. The highest BCUT2D eigenvalue weighted by atomic mass is 16.2. The first-order valence-electron chi connectivity index (χ1n) is 13.8. The van der Waals surface area contributed by atoms with E-state index in [1.807, 2.05) is 40.1 Å². The second-order valence-corrected chi connectivity index (χ2v) is 11.1. The number of aromatic nitrogens is 1. The van der Waals surface area contributed by atoms with Crippen LogP contribution < -0.4 is 0 Å². The molecule has 6 rings (SSSR count). The predicted molar refractivity (Wildman–Crippen MR) is 151 cm³/mol. The highest BCUT2D eigenvalue weighted by molar-refractivity contribution is 5.97. The number of aromatic amines is 1. The molecule has 5 nitrogen and oxygen atoms in total. The SMILES string of the molecule is CC(C)c1ccc([C@H]2c3[nH]c4ccccc4c3C[C@H]3C(=O)N([C@@H](C)CCc4ccccc4)CC(=O)N23)cc1. The van der Waals surface area contributed by atoms with Crippen LogP contribution in [0.25, 0.3) is 10.9 Å². The predicted octanol–water partition coefficient (Wildman–Crippen LogP) is 6.00. The van der Waals surface area contributed by atoms with Gasteiger partial charge in [0.2, 0.25) is 11.8 Å². The quantitative estimate of drug-likeness (QED) is 0.350. The van der Waals surface area contributed by atoms with Gasteiger partial charge in [-0.15, -0.1) is 0 Å². The molecule has 2 aliphatic rings. The Kier molecular flexibility index (Phi) is 6.30. The molecular weight excluding hydrogens is 470 g/mol. The first-order valence-corrected chi connectivity index (χ1v) is 13.8. The number of carbonyl (C=O) groups is 2. The van der Waals surface area contributed by atoms with Crippen molar-refractivity contribution in [2.45, 2.75) is 64.1 Å². The van der Waals surface area contributed by atoms with Crippen LogP contribution in [0, 0.1) is 0 Å². The van der Waals surface area contributed by atoms with Crippen LogP contribution in [0.4, 0.5) is 0 Å². The van der Waals surface area contributed by atoms with Gasteiger partial charge < -0.3 is 14.8 Å². The standard InChI is InChI=1S/C33H35N3O2/c1-21(2)24-15-17-25(18-16-24)32-31-27(26-11-7-8-12-28(26)34-31)19-29-33(38)35(20-30(37)36(29)32)22(3)13-14-23-9-5-4-6-10-23/h4-12,15-18,21-22,29,32,34H,13-14,19-20H2,1-3H3/t22-,29-,32-/m0/s1. The normalized spacial score (nSPS) is 20.1. The van der Waals surface area contributed by atoms with Crippen molar-refractivity contribution < 1.29 is 9.59 Å². The van der Waals surface area contributed by atoms with Crippen LogP contribution in [0.1, 0.15) is 67.1 Å². The molecule has 3 heterocycles. The van der Waals surface area contributed by atoms with Gasteiger partial charge in [0.15, 0.2) is 0 Å². The van der Waals surface area contributed by atoms with Gasteiger partial charge in [-0.05, 0) is 54.0 Å². The van der Waals surface area contributed by atoms with Gasteiger partial charge in [0.05, 0.1) is 6.04 Å². The van der Waals surface area contributed by atoms with Gasteiger partial charge in [-0.3, -0.25) is 9.59 Å². The van der Waals surface area contributed by atoms with Crippen LogP contribution in [-0.2, 0) is 22.4 Å². The number of piperazine rings is 1. The first-order chi connectivity index (χ1) is 18.4. The number of benzene rings is 3. The van der Waals surface area contributed by atoms with Crippen LogP contribution in [0.2, 0.25) is 0 Å². The number of fused-ring (bicyclic) bond motifs is 4. The van der Waals surface area contributed by atoms with E-state index >= 15 is 0 Å². The van der Waals surface area contributed by atoms with E-state index < -0.39 is 6.04 Å². The molecule has 3 atom stereocenters. The van der Waals surface area contributed by atoms with E-state index in [0.29, 0.717) is 12.3 Å². The largest absolute Gasteiger partial charge is 0.356 e. The van der Waals surface area contributed by atoms with Crippen molar-refractivity contribution in [3.63, 3.8) is 0 Å². The number of H-pyrrole nitrogens is 1. The van der Waals surface area contributed by atoms with Gasteiger partial charge in [-0.1, -0.05) is 86.6 Å². The zero-order valence-corrected chi connectivity index (χ0v) is 22.4. The molecular formula is C33H35N3O2. The Morgan fingerprint density at radius 3 is 2.34 bits per heavy atom. The Labute approximate surface area is 224 Å². The van der Waals surface area contributed by atoms with Gasteiger partial charge >= 0.3 is 0 Å². The molecule has 1 N–H and O–H groups in total. The van der Waals surface area contributed by atoms with Crippen LogP contribution >= 0.6 is 0 Å². The molecule has 2 amide bonds. The summed E-state index contributed by atoms with van der Waals surface area (Å²) in [4.78, 5) is 35.2. The third-order valence-electron chi connectivity index (χ3n) is 8.44. The maximum Gasteiger partial charge on any atom is 0.246 e. The smallest absolute Gasteiger partial charge is 0.246 e. The molecule has 3 aromatic carbocycles. The average molecular weight is 506 g/mol. The average Bonchev–Trinajstić information content (AvgIpc) is 3.31. The van der Waals surface area contributed by atoms with Crippen molar-refractivity contribution >= 4 is 22.7 Å². The highest BCUT2D eigenvalue weighted by Crippen LogP contribution is 2.43. The van der Waals surface area contributed by atoms with E-state index in [1.165, 1.54) is 11.1 Å². The second-order valence-electron chi connectivity index (χ2n) is 11.1. The summed E-state index contributed by atoms with van der Waals surface area (Å²) in [6.45, 7) is 6.57. The molecule has 2 aliphatic heterocycles. The lowest BCUT2D eigenvalue weighted by molar-refractivity contribution is -0.160. The molecule has 194 valence electrons. The Hall–Kier alpha value is -3.86. The molecule has 0 unspecified atom stereocenters. The topological polar surface area (TPSA) is 56.4 Å². The molecule has 0 radical (unpaired) electrons. The lowest BCUT2D eigenvalue weighted by Crippen LogP contribution is -2.64. The molecule has 0 saturated carbocycles. The fourth-order valence-corrected chi connectivity index (χ4v) is 6.25. The lowest BCUT2D eigenvalue weighted by atomic mass is 9.85. The molecule has 4 aromatic rings. The number of aryl methyl sites for hydroxylation is 1. The van der Waals surface area contributed by atoms with Crippen molar-refractivity contribution in [1.29, 1.82) is 0 Å². The molecule has 1 saturated heterocycles. The summed E-state index contributed by atoms with van der Waals surface area (Å²) < 4.78 is 0. The summed E-state index contributed by atoms with van der Waals surface area (Å²) in [5.74, 6) is 0.504. The summed E-state index contributed by atoms with van der Waals surface area (Å²) in [7, 11) is 0. The third-order valence-corrected chi connectivity index (χ3v) is 8.44. The van der Waals surface area contributed by atoms with E-state index in [2.05, 4.69) is 74.3 Å². The number of carbonyl (C=O) groups excluding carboxylic acids is 2. The zero-order valence-electron chi connectivity index (χ0n) is 22.4. The number of rotatable bonds is 6. The molecule has 0 bridgehead atoms. The Morgan fingerprint density at radius 2 is 1.61 bits per heavy atom. The van der Waals surface area contributed by atoms with E-state index in [9.17, 15) is 9.59 Å². The first kappa shape index (κ1) is 24.5. The van der Waals surface area contributed by atoms with Crippen LogP contribution in [0.5, 0.6) is 0 Å². The molecule has 38 heavy (non-hydrogen) atoms. The Balaban J connectivity index is 1.36. The maximum atomic E-state index is 14.1. The Morgan fingerprint density at radius 1 is 0.895 bits per heavy atom. The third kappa shape index (κ3) is 4.20. The summed E-state index contributed by atoms with van der Waals surface area (Å²) in [5.41, 5.74) is 6.79. The van der Waals surface area contributed by atoms with Gasteiger partial charge in [0.25, 0.3) is 0 Å². The minimum absolute atomic E-state index is 0.0121. The zero-order chi connectivity index (χ0) is 26.4. The minimum Gasteiger partial charge on any atom is -0.356 e. The van der Waals surface area contributed by atoms with E-state index in [0.717, 1.165) is 40.6 Å². The van der Waals surface area contributed by atoms with Crippen molar-refractivity contribution in [3.8, 4) is 0 Å². The van der Waals surface area contributed by atoms with E-state index in [-0.39, 0.29) is 30.4 Å². The van der Waals surface area contributed by atoms with Gasteiger partial charge in [-0.2, -0.15) is 0 Å². The van der Waals surface area contributed by atoms with E-state index in [1.54, 1.807) is 0 Å². The lowest BCUT2D eigenvalue weighted by Gasteiger charge is -2.48. The molecule has 1 aromatic heterocycles. The monoisotopic (exact) mass is 505 g/mol. The van der Waals surface area contributed by atoms with E-state index in [4.69, 9.17) is 0 Å². The highest BCUT2D eigenvalue weighted by Gasteiger charge is 2.48. The number of nitrogens with one attached hydrogen (secondary N) is 1. The number of nitrogens with zero attached hydrogens (tertiary/aromatic N) is 2. The van der Waals surface area contributed by atoms with Crippen molar-refractivity contribution in [3.05, 3.63) is 107 Å². The minimum atomic E-state index is -0.503.